The number of thiophene rings is 1. The molecule has 0 radical (unpaired) electrons. The van der Waals surface area contributed by atoms with Gasteiger partial charge in [-0.05, 0) is 36.1 Å². The summed E-state index contributed by atoms with van der Waals surface area (Å²) in [6, 6.07) is 22.3. The van der Waals surface area contributed by atoms with E-state index in [9.17, 15) is 4.79 Å². The van der Waals surface area contributed by atoms with Gasteiger partial charge in [-0.3, -0.25) is 10.1 Å². The Morgan fingerprint density at radius 2 is 1.76 bits per heavy atom. The first kappa shape index (κ1) is 17.4. The molecule has 0 saturated carbocycles. The maximum Gasteiger partial charge on any atom is 0.240 e. The highest BCUT2D eigenvalue weighted by molar-refractivity contribution is 7.10. The summed E-state index contributed by atoms with van der Waals surface area (Å²) in [5.74, 6) is 0.0415. The van der Waals surface area contributed by atoms with E-state index in [1.807, 2.05) is 43.4 Å². The van der Waals surface area contributed by atoms with E-state index in [2.05, 4.69) is 48.0 Å². The zero-order chi connectivity index (χ0) is 17.6. The summed E-state index contributed by atoms with van der Waals surface area (Å²) in [7, 11) is 1.81. The third kappa shape index (κ3) is 4.35. The molecule has 0 saturated heterocycles. The fraction of sp³-hybridized carbons (Fsp3) is 0.190. The maximum atomic E-state index is 12.6. The number of aryl methyl sites for hydroxylation is 1. The smallest absolute Gasteiger partial charge is 0.240 e. The Bertz CT molecular complexity index is 798. The van der Waals surface area contributed by atoms with Crippen molar-refractivity contribution in [3.63, 3.8) is 0 Å². The van der Waals surface area contributed by atoms with E-state index >= 15 is 0 Å². The van der Waals surface area contributed by atoms with Gasteiger partial charge in [0.15, 0.2) is 0 Å². The number of hydrogen-bond acceptors (Lipinski definition) is 3. The van der Waals surface area contributed by atoms with E-state index in [0.717, 1.165) is 5.69 Å². The van der Waals surface area contributed by atoms with E-state index in [4.69, 9.17) is 0 Å². The van der Waals surface area contributed by atoms with Crippen LogP contribution in [0.15, 0.2) is 72.1 Å². The van der Waals surface area contributed by atoms with E-state index < -0.39 is 0 Å². The molecular weight excluding hydrogens is 328 g/mol. The Balaban J connectivity index is 1.73. The van der Waals surface area contributed by atoms with Crippen LogP contribution in [-0.4, -0.2) is 19.5 Å². The molecule has 1 aromatic heterocycles. The lowest BCUT2D eigenvalue weighted by molar-refractivity contribution is -0.117. The number of rotatable bonds is 6. The second kappa shape index (κ2) is 8.10. The highest BCUT2D eigenvalue weighted by Gasteiger charge is 2.18. The van der Waals surface area contributed by atoms with Gasteiger partial charge in [-0.25, -0.2) is 0 Å². The van der Waals surface area contributed by atoms with Crippen LogP contribution in [0.5, 0.6) is 0 Å². The van der Waals surface area contributed by atoms with E-state index in [0.29, 0.717) is 0 Å². The second-order valence-electron chi connectivity index (χ2n) is 6.03. The summed E-state index contributed by atoms with van der Waals surface area (Å²) < 4.78 is 0. The minimum absolute atomic E-state index is 0.0220. The number of para-hydroxylation sites is 1. The third-order valence-electron chi connectivity index (χ3n) is 4.21. The van der Waals surface area contributed by atoms with Gasteiger partial charge in [-0.2, -0.15) is 0 Å². The molecule has 0 unspecified atom stereocenters. The summed E-state index contributed by atoms with van der Waals surface area (Å²) in [6.07, 6.45) is 0. The van der Waals surface area contributed by atoms with Crippen molar-refractivity contribution in [2.24, 2.45) is 0 Å². The topological polar surface area (TPSA) is 32.3 Å². The Kier molecular flexibility index (Phi) is 5.64. The van der Waals surface area contributed by atoms with Gasteiger partial charge in [-0.15, -0.1) is 11.3 Å². The van der Waals surface area contributed by atoms with Crippen LogP contribution in [0.1, 0.15) is 22.0 Å². The van der Waals surface area contributed by atoms with Crippen LogP contribution >= 0.6 is 11.3 Å². The minimum Gasteiger partial charge on any atom is -0.314 e. The van der Waals surface area contributed by atoms with Gasteiger partial charge in [0, 0.05) is 17.6 Å². The first-order valence-electron chi connectivity index (χ1n) is 8.30. The predicted molar refractivity (Wildman–Crippen MR) is 105 cm³/mol. The average molecular weight is 350 g/mol. The maximum absolute atomic E-state index is 12.6. The van der Waals surface area contributed by atoms with E-state index in [-0.39, 0.29) is 18.5 Å². The van der Waals surface area contributed by atoms with E-state index in [1.54, 1.807) is 16.2 Å². The molecule has 0 aliphatic heterocycles. The predicted octanol–water partition coefficient (Wildman–Crippen LogP) is 4.40. The Morgan fingerprint density at radius 1 is 1.04 bits per heavy atom. The normalized spacial score (nSPS) is 11.9. The molecule has 128 valence electrons. The highest BCUT2D eigenvalue weighted by atomic mass is 32.1. The molecule has 1 N–H and O–H groups in total. The molecule has 0 spiro atoms. The van der Waals surface area contributed by atoms with Crippen LogP contribution in [0.2, 0.25) is 0 Å². The van der Waals surface area contributed by atoms with Crippen LogP contribution in [-0.2, 0) is 4.79 Å². The molecule has 25 heavy (non-hydrogen) atoms. The molecular formula is C21H22N2OS. The summed E-state index contributed by atoms with van der Waals surface area (Å²) in [4.78, 5) is 15.5. The number of likely N-dealkylation sites (N-methyl/N-ethyl adjacent to an activating group) is 1. The van der Waals surface area contributed by atoms with Crippen molar-refractivity contribution in [2.75, 3.05) is 18.5 Å². The van der Waals surface area contributed by atoms with Crippen molar-refractivity contribution in [2.45, 2.75) is 13.0 Å². The van der Waals surface area contributed by atoms with Gasteiger partial charge >= 0.3 is 0 Å². The van der Waals surface area contributed by atoms with Crippen LogP contribution in [0.4, 0.5) is 5.69 Å². The lowest BCUT2D eigenvalue weighted by Gasteiger charge is -2.21. The van der Waals surface area contributed by atoms with Gasteiger partial charge < -0.3 is 4.90 Å². The molecule has 1 atom stereocenters. The molecule has 0 fully saturated rings. The quantitative estimate of drug-likeness (QED) is 0.715. The standard InChI is InChI=1S/C21H22N2OS/c1-16-10-12-17(13-11-16)21(19-9-6-14-25-19)22-15-20(24)23(2)18-7-4-3-5-8-18/h3-14,21-22H,15H2,1-2H3/t21-/m0/s1. The van der Waals surface area contributed by atoms with Crippen LogP contribution in [0.25, 0.3) is 0 Å². The molecule has 3 rings (SSSR count). The summed E-state index contributed by atoms with van der Waals surface area (Å²) >= 11 is 1.70. The fourth-order valence-corrected chi connectivity index (χ4v) is 3.53. The number of amides is 1. The number of anilines is 1. The largest absolute Gasteiger partial charge is 0.314 e. The average Bonchev–Trinajstić information content (AvgIpc) is 3.17. The van der Waals surface area contributed by atoms with Crippen molar-refractivity contribution in [1.82, 2.24) is 5.32 Å². The lowest BCUT2D eigenvalue weighted by Crippen LogP contribution is -2.37. The number of nitrogens with zero attached hydrogens (tertiary/aromatic N) is 1. The summed E-state index contributed by atoms with van der Waals surface area (Å²) in [6.45, 7) is 2.36. The molecule has 1 amide bonds. The van der Waals surface area contributed by atoms with Gasteiger partial charge in [0.25, 0.3) is 0 Å². The zero-order valence-electron chi connectivity index (χ0n) is 14.5. The molecule has 0 aliphatic carbocycles. The second-order valence-corrected chi connectivity index (χ2v) is 7.01. The minimum atomic E-state index is 0.0220. The molecule has 0 aliphatic rings. The SMILES string of the molecule is Cc1ccc([C@H](NCC(=O)N(C)c2ccccc2)c2cccs2)cc1. The molecule has 4 heteroatoms. The van der Waals surface area contributed by atoms with Crippen LogP contribution < -0.4 is 10.2 Å². The van der Waals surface area contributed by atoms with Crippen molar-refractivity contribution in [3.8, 4) is 0 Å². The molecule has 2 aromatic carbocycles. The van der Waals surface area contributed by atoms with Crippen molar-refractivity contribution < 1.29 is 4.79 Å². The van der Waals surface area contributed by atoms with Gasteiger partial charge in [0.2, 0.25) is 5.91 Å². The summed E-state index contributed by atoms with van der Waals surface area (Å²) in [5.41, 5.74) is 3.30. The van der Waals surface area contributed by atoms with Crippen LogP contribution in [0, 0.1) is 6.92 Å². The third-order valence-corrected chi connectivity index (χ3v) is 5.15. The van der Waals surface area contributed by atoms with Gasteiger partial charge in [0.1, 0.15) is 0 Å². The van der Waals surface area contributed by atoms with Gasteiger partial charge in [-0.1, -0.05) is 54.1 Å². The number of nitrogens with one attached hydrogen (secondary N) is 1. The molecule has 0 bridgehead atoms. The Morgan fingerprint density at radius 3 is 2.40 bits per heavy atom. The van der Waals surface area contributed by atoms with Crippen LogP contribution in [0.3, 0.4) is 0 Å². The van der Waals surface area contributed by atoms with Crippen molar-refractivity contribution in [1.29, 1.82) is 0 Å². The monoisotopic (exact) mass is 350 g/mol. The Labute approximate surface area is 152 Å². The first-order valence-corrected chi connectivity index (χ1v) is 9.18. The Hall–Kier alpha value is -2.43. The fourth-order valence-electron chi connectivity index (χ4n) is 2.70. The number of carbonyl (C=O) groups excluding carboxylic acids is 1. The molecule has 3 nitrogen and oxygen atoms in total. The molecule has 1 heterocycles. The van der Waals surface area contributed by atoms with E-state index in [1.165, 1.54) is 16.0 Å². The number of hydrogen-bond donors (Lipinski definition) is 1. The lowest BCUT2D eigenvalue weighted by atomic mass is 10.0. The number of carbonyl (C=O) groups is 1. The first-order chi connectivity index (χ1) is 12.1. The number of benzene rings is 2. The van der Waals surface area contributed by atoms with Gasteiger partial charge in [0.05, 0.1) is 12.6 Å². The highest BCUT2D eigenvalue weighted by Crippen LogP contribution is 2.26. The van der Waals surface area contributed by atoms with Crippen molar-refractivity contribution >= 4 is 22.9 Å². The van der Waals surface area contributed by atoms with Crippen molar-refractivity contribution in [3.05, 3.63) is 88.1 Å². The summed E-state index contributed by atoms with van der Waals surface area (Å²) in [5, 5.41) is 5.49. The molecule has 3 aromatic rings. The zero-order valence-corrected chi connectivity index (χ0v) is 15.3.